The van der Waals surface area contributed by atoms with Gasteiger partial charge in [0.15, 0.2) is 0 Å². The molecule has 0 aromatic carbocycles. The van der Waals surface area contributed by atoms with Crippen LogP contribution in [0, 0.1) is 5.41 Å². The second kappa shape index (κ2) is 7.08. The van der Waals surface area contributed by atoms with Crippen LogP contribution in [0.25, 0.3) is 0 Å². The Morgan fingerprint density at radius 1 is 1.21 bits per heavy atom. The summed E-state index contributed by atoms with van der Waals surface area (Å²) in [7, 11) is 0. The van der Waals surface area contributed by atoms with Gasteiger partial charge >= 0.3 is 6.01 Å². The first kappa shape index (κ1) is 15.4. The van der Waals surface area contributed by atoms with E-state index in [1.54, 1.807) is 0 Å². The molecule has 4 N–H and O–H groups in total. The fraction of sp³-hybridized carbons (Fsp3) is 0.750. The third-order valence-electron chi connectivity index (χ3n) is 3.36. The molecule has 0 fully saturated rings. The van der Waals surface area contributed by atoms with E-state index in [-0.39, 0.29) is 24.0 Å². The molecule has 7 heteroatoms. The molecule has 0 radical (unpaired) electrons. The maximum absolute atomic E-state index is 9.51. The Morgan fingerprint density at radius 2 is 1.89 bits per heavy atom. The van der Waals surface area contributed by atoms with Crippen LogP contribution in [0.2, 0.25) is 0 Å². The van der Waals surface area contributed by atoms with Gasteiger partial charge in [-0.15, -0.1) is 0 Å². The molecule has 0 saturated carbocycles. The lowest BCUT2D eigenvalue weighted by Gasteiger charge is -2.29. The first-order valence-electron chi connectivity index (χ1n) is 6.58. The highest BCUT2D eigenvalue weighted by Gasteiger charge is 2.25. The Labute approximate surface area is 113 Å². The van der Waals surface area contributed by atoms with Crippen LogP contribution in [-0.4, -0.2) is 39.8 Å². The van der Waals surface area contributed by atoms with Crippen molar-refractivity contribution in [3.63, 3.8) is 0 Å². The lowest BCUT2D eigenvalue weighted by Crippen LogP contribution is -2.32. The molecule has 1 aromatic rings. The number of nitrogen functional groups attached to an aromatic ring is 1. The Bertz CT molecular complexity index is 387. The predicted molar refractivity (Wildman–Crippen MR) is 74.0 cm³/mol. The van der Waals surface area contributed by atoms with Crippen LogP contribution >= 0.6 is 0 Å². The number of anilines is 2. The minimum atomic E-state index is -0.173. The lowest BCUT2D eigenvalue weighted by atomic mass is 9.83. The van der Waals surface area contributed by atoms with Crippen molar-refractivity contribution in [3.8, 4) is 6.01 Å². The summed E-state index contributed by atoms with van der Waals surface area (Å²) in [5.41, 5.74) is 5.42. The van der Waals surface area contributed by atoms with Crippen molar-refractivity contribution >= 4 is 11.9 Å². The van der Waals surface area contributed by atoms with Gasteiger partial charge in [-0.1, -0.05) is 13.8 Å². The lowest BCUT2D eigenvalue weighted by molar-refractivity contribution is 0.127. The Balaban J connectivity index is 2.76. The Morgan fingerprint density at radius 3 is 2.42 bits per heavy atom. The number of aliphatic hydroxyl groups is 1. The molecule has 1 heterocycles. The molecule has 19 heavy (non-hydrogen) atoms. The van der Waals surface area contributed by atoms with Crippen LogP contribution in [0.15, 0.2) is 0 Å². The second-order valence-corrected chi connectivity index (χ2v) is 4.45. The minimum absolute atomic E-state index is 0.114. The Kier molecular flexibility index (Phi) is 5.75. The molecule has 1 aromatic heterocycles. The molecule has 0 bridgehead atoms. The van der Waals surface area contributed by atoms with Gasteiger partial charge < -0.3 is 20.9 Å². The molecule has 108 valence electrons. The molecule has 0 saturated heterocycles. The van der Waals surface area contributed by atoms with Crippen molar-refractivity contribution in [2.24, 2.45) is 5.41 Å². The van der Waals surface area contributed by atoms with Gasteiger partial charge in [-0.25, -0.2) is 0 Å². The molecule has 7 nitrogen and oxygen atoms in total. The number of nitrogens with one attached hydrogen (secondary N) is 1. The number of hydrogen-bond donors (Lipinski definition) is 3. The molecule has 0 amide bonds. The first-order valence-corrected chi connectivity index (χ1v) is 6.58. The van der Waals surface area contributed by atoms with E-state index < -0.39 is 0 Å². The number of aliphatic hydroxyl groups excluding tert-OH is 1. The highest BCUT2D eigenvalue weighted by Crippen LogP contribution is 2.25. The normalized spacial score (nSPS) is 11.4. The van der Waals surface area contributed by atoms with Gasteiger partial charge in [0.05, 0.1) is 13.2 Å². The van der Waals surface area contributed by atoms with Gasteiger partial charge in [0.2, 0.25) is 11.9 Å². The van der Waals surface area contributed by atoms with Gasteiger partial charge in [-0.2, -0.15) is 15.0 Å². The van der Waals surface area contributed by atoms with E-state index in [1.807, 2.05) is 6.92 Å². The van der Waals surface area contributed by atoms with E-state index >= 15 is 0 Å². The van der Waals surface area contributed by atoms with Crippen molar-refractivity contribution in [2.45, 2.75) is 33.6 Å². The summed E-state index contributed by atoms with van der Waals surface area (Å²) in [6.45, 7) is 7.10. The fourth-order valence-corrected chi connectivity index (χ4v) is 1.69. The van der Waals surface area contributed by atoms with E-state index in [1.165, 1.54) is 0 Å². The highest BCUT2D eigenvalue weighted by atomic mass is 16.5. The molecule has 0 aliphatic heterocycles. The van der Waals surface area contributed by atoms with Gasteiger partial charge in [-0.3, -0.25) is 0 Å². The highest BCUT2D eigenvalue weighted by molar-refractivity contribution is 5.32. The molecule has 0 aliphatic carbocycles. The van der Waals surface area contributed by atoms with Crippen LogP contribution < -0.4 is 15.8 Å². The van der Waals surface area contributed by atoms with E-state index in [9.17, 15) is 5.11 Å². The number of ether oxygens (including phenoxy) is 1. The number of aromatic nitrogens is 3. The van der Waals surface area contributed by atoms with E-state index in [0.29, 0.717) is 19.1 Å². The molecular weight excluding hydrogens is 246 g/mol. The van der Waals surface area contributed by atoms with Crippen molar-refractivity contribution in [1.82, 2.24) is 15.0 Å². The second-order valence-electron chi connectivity index (χ2n) is 4.45. The maximum Gasteiger partial charge on any atom is 0.323 e. The van der Waals surface area contributed by atoms with Crippen molar-refractivity contribution in [2.75, 3.05) is 30.8 Å². The standard InChI is InChI=1S/C12H23N5O2/c1-4-12(5-2,8-18)7-14-10-15-9(13)16-11(17-10)19-6-3/h18H,4-8H2,1-3H3,(H3,13,14,15,16,17). The zero-order valence-corrected chi connectivity index (χ0v) is 11.8. The van der Waals surface area contributed by atoms with E-state index in [0.717, 1.165) is 12.8 Å². The summed E-state index contributed by atoms with van der Waals surface area (Å²) in [4.78, 5) is 12.0. The summed E-state index contributed by atoms with van der Waals surface area (Å²) in [5.74, 6) is 0.485. The third-order valence-corrected chi connectivity index (χ3v) is 3.36. The van der Waals surface area contributed by atoms with Gasteiger partial charge in [0.1, 0.15) is 0 Å². The smallest absolute Gasteiger partial charge is 0.323 e. The first-order chi connectivity index (χ1) is 9.09. The zero-order valence-electron chi connectivity index (χ0n) is 11.8. The number of nitrogens with two attached hydrogens (primary N) is 1. The predicted octanol–water partition coefficient (Wildman–Crippen LogP) is 1.06. The van der Waals surface area contributed by atoms with Gasteiger partial charge in [0, 0.05) is 12.0 Å². The quantitative estimate of drug-likeness (QED) is 0.648. The zero-order chi connectivity index (χ0) is 14.3. The van der Waals surface area contributed by atoms with Gasteiger partial charge in [0.25, 0.3) is 0 Å². The van der Waals surface area contributed by atoms with E-state index in [4.69, 9.17) is 10.5 Å². The average Bonchev–Trinajstić information content (AvgIpc) is 2.41. The summed E-state index contributed by atoms with van der Waals surface area (Å²) < 4.78 is 5.21. The summed E-state index contributed by atoms with van der Waals surface area (Å²) >= 11 is 0. The molecular formula is C12H23N5O2. The van der Waals surface area contributed by atoms with E-state index in [2.05, 4.69) is 34.1 Å². The topological polar surface area (TPSA) is 106 Å². The van der Waals surface area contributed by atoms with Crippen molar-refractivity contribution in [1.29, 1.82) is 0 Å². The summed E-state index contributed by atoms with van der Waals surface area (Å²) in [5, 5.41) is 12.6. The number of rotatable bonds is 8. The van der Waals surface area contributed by atoms with Gasteiger partial charge in [-0.05, 0) is 19.8 Å². The SMILES string of the molecule is CCOc1nc(N)nc(NCC(CC)(CC)CO)n1. The van der Waals surface area contributed by atoms with Crippen LogP contribution in [0.5, 0.6) is 6.01 Å². The number of hydrogen-bond acceptors (Lipinski definition) is 7. The minimum Gasteiger partial charge on any atom is -0.464 e. The average molecular weight is 269 g/mol. The third kappa shape index (κ3) is 4.20. The van der Waals surface area contributed by atoms with Crippen LogP contribution in [0.3, 0.4) is 0 Å². The monoisotopic (exact) mass is 269 g/mol. The summed E-state index contributed by atoms with van der Waals surface area (Å²) in [6.07, 6.45) is 1.73. The summed E-state index contributed by atoms with van der Waals surface area (Å²) in [6, 6.07) is 0.208. The van der Waals surface area contributed by atoms with Crippen LogP contribution in [-0.2, 0) is 0 Å². The molecule has 0 unspecified atom stereocenters. The molecule has 0 aliphatic rings. The number of nitrogens with zero attached hydrogens (tertiary/aromatic N) is 3. The molecule has 1 rings (SSSR count). The van der Waals surface area contributed by atoms with Crippen molar-refractivity contribution < 1.29 is 9.84 Å². The fourth-order valence-electron chi connectivity index (χ4n) is 1.69. The van der Waals surface area contributed by atoms with Crippen LogP contribution in [0.4, 0.5) is 11.9 Å². The molecule has 0 atom stereocenters. The Hall–Kier alpha value is -1.63. The van der Waals surface area contributed by atoms with Crippen LogP contribution in [0.1, 0.15) is 33.6 Å². The molecule has 0 spiro atoms. The maximum atomic E-state index is 9.51. The largest absolute Gasteiger partial charge is 0.464 e. The van der Waals surface area contributed by atoms with Crippen molar-refractivity contribution in [3.05, 3.63) is 0 Å².